The van der Waals surface area contributed by atoms with Crippen molar-refractivity contribution in [2.45, 2.75) is 51.6 Å². The molecule has 1 aromatic heterocycles. The van der Waals surface area contributed by atoms with E-state index in [-0.39, 0.29) is 12.3 Å². The number of hydrogen-bond donors (Lipinski definition) is 2. The first-order chi connectivity index (χ1) is 8.94. The maximum absolute atomic E-state index is 12.2. The Morgan fingerprint density at radius 2 is 2.05 bits per heavy atom. The SMILES string of the molecule is CCC(CC)(CC(=O)O)NC(=O)C(C)n1cccn1. The zero-order chi connectivity index (χ0) is 14.5. The number of aromatic nitrogens is 2. The largest absolute Gasteiger partial charge is 0.481 e. The highest BCUT2D eigenvalue weighted by molar-refractivity contribution is 5.81. The second kappa shape index (κ2) is 6.36. The van der Waals surface area contributed by atoms with Crippen molar-refractivity contribution in [1.82, 2.24) is 15.1 Å². The zero-order valence-electron chi connectivity index (χ0n) is 11.6. The summed E-state index contributed by atoms with van der Waals surface area (Å²) in [6.45, 7) is 5.50. The van der Waals surface area contributed by atoms with E-state index in [0.717, 1.165) is 0 Å². The zero-order valence-corrected chi connectivity index (χ0v) is 11.6. The van der Waals surface area contributed by atoms with Gasteiger partial charge in [-0.3, -0.25) is 14.3 Å². The summed E-state index contributed by atoms with van der Waals surface area (Å²) in [7, 11) is 0. The predicted molar refractivity (Wildman–Crippen MR) is 70.6 cm³/mol. The van der Waals surface area contributed by atoms with Gasteiger partial charge in [0.2, 0.25) is 5.91 Å². The summed E-state index contributed by atoms with van der Waals surface area (Å²) in [5, 5.41) is 15.9. The van der Waals surface area contributed by atoms with Gasteiger partial charge in [-0.1, -0.05) is 13.8 Å². The quantitative estimate of drug-likeness (QED) is 0.785. The van der Waals surface area contributed by atoms with Crippen molar-refractivity contribution < 1.29 is 14.7 Å². The molecule has 0 spiro atoms. The van der Waals surface area contributed by atoms with Crippen molar-refractivity contribution in [3.8, 4) is 0 Å². The Morgan fingerprint density at radius 3 is 2.47 bits per heavy atom. The van der Waals surface area contributed by atoms with Crippen LogP contribution in [0, 0.1) is 0 Å². The first-order valence-corrected chi connectivity index (χ1v) is 6.47. The summed E-state index contributed by atoms with van der Waals surface area (Å²) in [6.07, 6.45) is 4.40. The third-order valence-corrected chi connectivity index (χ3v) is 3.53. The van der Waals surface area contributed by atoms with Gasteiger partial charge in [0.1, 0.15) is 6.04 Å². The fourth-order valence-electron chi connectivity index (χ4n) is 2.01. The number of hydrogen-bond acceptors (Lipinski definition) is 3. The molecule has 19 heavy (non-hydrogen) atoms. The summed E-state index contributed by atoms with van der Waals surface area (Å²) in [5.41, 5.74) is -0.690. The Morgan fingerprint density at radius 1 is 1.42 bits per heavy atom. The number of nitrogens with one attached hydrogen (secondary N) is 1. The molecule has 1 rings (SSSR count). The molecule has 0 aliphatic carbocycles. The van der Waals surface area contributed by atoms with Gasteiger partial charge in [-0.15, -0.1) is 0 Å². The highest BCUT2D eigenvalue weighted by Crippen LogP contribution is 2.21. The molecule has 6 nitrogen and oxygen atoms in total. The first kappa shape index (κ1) is 15.2. The van der Waals surface area contributed by atoms with Crippen molar-refractivity contribution >= 4 is 11.9 Å². The van der Waals surface area contributed by atoms with Crippen LogP contribution in [0.4, 0.5) is 0 Å². The number of carboxylic acid groups (broad SMARTS) is 1. The van der Waals surface area contributed by atoms with Crippen LogP contribution in [-0.4, -0.2) is 32.3 Å². The Labute approximate surface area is 112 Å². The number of carboxylic acids is 1. The predicted octanol–water partition coefficient (Wildman–Crippen LogP) is 1.59. The van der Waals surface area contributed by atoms with Gasteiger partial charge in [0, 0.05) is 12.4 Å². The standard InChI is InChI=1S/C13H21N3O3/c1-4-13(5-2,9-11(17)18)15-12(19)10(3)16-8-6-7-14-16/h6-8,10H,4-5,9H2,1-3H3,(H,15,19)(H,17,18). The maximum atomic E-state index is 12.2. The molecule has 0 aliphatic heterocycles. The smallest absolute Gasteiger partial charge is 0.305 e. The fraction of sp³-hybridized carbons (Fsp3) is 0.615. The van der Waals surface area contributed by atoms with Crippen LogP contribution in [0.2, 0.25) is 0 Å². The molecule has 2 N–H and O–H groups in total. The molecule has 0 fully saturated rings. The molecule has 1 heterocycles. The van der Waals surface area contributed by atoms with E-state index in [1.165, 1.54) is 0 Å². The van der Waals surface area contributed by atoms with Crippen molar-refractivity contribution in [3.63, 3.8) is 0 Å². The molecule has 0 radical (unpaired) electrons. The molecule has 1 amide bonds. The van der Waals surface area contributed by atoms with Crippen LogP contribution in [0.3, 0.4) is 0 Å². The number of nitrogens with zero attached hydrogens (tertiary/aromatic N) is 2. The van der Waals surface area contributed by atoms with E-state index in [1.807, 2.05) is 13.8 Å². The lowest BCUT2D eigenvalue weighted by Gasteiger charge is -2.32. The van der Waals surface area contributed by atoms with Gasteiger partial charge in [0.05, 0.1) is 12.0 Å². The second-order valence-electron chi connectivity index (χ2n) is 4.71. The van der Waals surface area contributed by atoms with Crippen LogP contribution < -0.4 is 5.32 Å². The van der Waals surface area contributed by atoms with Crippen molar-refractivity contribution in [1.29, 1.82) is 0 Å². The normalized spacial score (nSPS) is 13.0. The van der Waals surface area contributed by atoms with Crippen LogP contribution >= 0.6 is 0 Å². The molecule has 0 saturated carbocycles. The summed E-state index contributed by atoms with van der Waals surface area (Å²) in [4.78, 5) is 23.1. The summed E-state index contributed by atoms with van der Waals surface area (Å²) >= 11 is 0. The van der Waals surface area contributed by atoms with Crippen LogP contribution in [0.25, 0.3) is 0 Å². The second-order valence-corrected chi connectivity index (χ2v) is 4.71. The van der Waals surface area contributed by atoms with Crippen molar-refractivity contribution in [3.05, 3.63) is 18.5 Å². The van der Waals surface area contributed by atoms with Gasteiger partial charge in [-0.05, 0) is 25.8 Å². The minimum absolute atomic E-state index is 0.0719. The topological polar surface area (TPSA) is 84.2 Å². The van der Waals surface area contributed by atoms with E-state index in [2.05, 4.69) is 10.4 Å². The lowest BCUT2D eigenvalue weighted by molar-refractivity contribution is -0.139. The van der Waals surface area contributed by atoms with Gasteiger partial charge in [-0.25, -0.2) is 0 Å². The fourth-order valence-corrected chi connectivity index (χ4v) is 2.01. The average Bonchev–Trinajstić information content (AvgIpc) is 2.90. The Hall–Kier alpha value is -1.85. The first-order valence-electron chi connectivity index (χ1n) is 6.47. The lowest BCUT2D eigenvalue weighted by Crippen LogP contribution is -2.51. The van der Waals surface area contributed by atoms with Crippen molar-refractivity contribution in [2.75, 3.05) is 0 Å². The van der Waals surface area contributed by atoms with E-state index < -0.39 is 17.6 Å². The van der Waals surface area contributed by atoms with E-state index >= 15 is 0 Å². The number of rotatable bonds is 7. The highest BCUT2D eigenvalue weighted by Gasteiger charge is 2.32. The number of amides is 1. The van der Waals surface area contributed by atoms with Gasteiger partial charge < -0.3 is 10.4 Å². The third-order valence-electron chi connectivity index (χ3n) is 3.53. The molecule has 0 aliphatic rings. The van der Waals surface area contributed by atoms with Crippen LogP contribution in [0.1, 0.15) is 46.1 Å². The summed E-state index contributed by atoms with van der Waals surface area (Å²) in [5.74, 6) is -1.12. The minimum atomic E-state index is -0.907. The minimum Gasteiger partial charge on any atom is -0.481 e. The lowest BCUT2D eigenvalue weighted by atomic mass is 9.88. The Balaban J connectivity index is 2.79. The van der Waals surface area contributed by atoms with E-state index in [0.29, 0.717) is 12.8 Å². The maximum Gasteiger partial charge on any atom is 0.305 e. The molecule has 0 aromatic carbocycles. The third kappa shape index (κ3) is 3.81. The number of carbonyl (C=O) groups excluding carboxylic acids is 1. The van der Waals surface area contributed by atoms with Crippen molar-refractivity contribution in [2.24, 2.45) is 0 Å². The molecular formula is C13H21N3O3. The molecule has 0 saturated heterocycles. The summed E-state index contributed by atoms with van der Waals surface area (Å²) < 4.78 is 1.55. The number of aliphatic carboxylic acids is 1. The van der Waals surface area contributed by atoms with E-state index in [1.54, 1.807) is 30.1 Å². The molecule has 1 aromatic rings. The summed E-state index contributed by atoms with van der Waals surface area (Å²) in [6, 6.07) is 1.29. The average molecular weight is 267 g/mol. The Kier molecular flexibility index (Phi) is 5.09. The molecule has 106 valence electrons. The van der Waals surface area contributed by atoms with E-state index in [9.17, 15) is 9.59 Å². The molecule has 0 bridgehead atoms. The highest BCUT2D eigenvalue weighted by atomic mass is 16.4. The van der Waals surface area contributed by atoms with Crippen LogP contribution in [0.5, 0.6) is 0 Å². The molecule has 1 unspecified atom stereocenters. The van der Waals surface area contributed by atoms with Gasteiger partial charge in [-0.2, -0.15) is 5.10 Å². The molecular weight excluding hydrogens is 246 g/mol. The van der Waals surface area contributed by atoms with Gasteiger partial charge in [0.25, 0.3) is 0 Å². The Bertz CT molecular complexity index is 424. The van der Waals surface area contributed by atoms with Crippen LogP contribution in [-0.2, 0) is 9.59 Å². The monoisotopic (exact) mass is 267 g/mol. The molecule has 1 atom stereocenters. The van der Waals surface area contributed by atoms with Gasteiger partial charge >= 0.3 is 5.97 Å². The number of carbonyl (C=O) groups is 2. The van der Waals surface area contributed by atoms with Crippen LogP contribution in [0.15, 0.2) is 18.5 Å². The molecule has 6 heteroatoms. The van der Waals surface area contributed by atoms with E-state index in [4.69, 9.17) is 5.11 Å². The van der Waals surface area contributed by atoms with Gasteiger partial charge in [0.15, 0.2) is 0 Å².